The van der Waals surface area contributed by atoms with Gasteiger partial charge in [-0.05, 0) is 12.1 Å². The van der Waals surface area contributed by atoms with Crippen LogP contribution < -0.4 is 4.74 Å². The van der Waals surface area contributed by atoms with E-state index < -0.39 is 23.2 Å². The first-order chi connectivity index (χ1) is 8.52. The third-order valence-electron chi connectivity index (χ3n) is 2.30. The van der Waals surface area contributed by atoms with E-state index in [9.17, 15) is 14.3 Å². The molecule has 94 valence electrons. The predicted molar refractivity (Wildman–Crippen MR) is 58.7 cm³/mol. The maximum atomic E-state index is 13.6. The summed E-state index contributed by atoms with van der Waals surface area (Å²) in [7, 11) is 1.42. The average molecular weight is 252 g/mol. The van der Waals surface area contributed by atoms with Gasteiger partial charge in [0.25, 0.3) is 0 Å². The molecule has 0 aliphatic rings. The summed E-state index contributed by atoms with van der Waals surface area (Å²) in [4.78, 5) is 10.7. The number of benzene rings is 1. The van der Waals surface area contributed by atoms with Gasteiger partial charge in [-0.25, -0.2) is 13.9 Å². The third-order valence-corrected chi connectivity index (χ3v) is 2.30. The normalized spacial score (nSPS) is 10.3. The van der Waals surface area contributed by atoms with Gasteiger partial charge in [0.05, 0.1) is 13.3 Å². The fourth-order valence-corrected chi connectivity index (χ4v) is 1.44. The topological polar surface area (TPSA) is 84.6 Å². The molecule has 0 radical (unpaired) electrons. The molecular formula is C11H9FN2O4. The van der Waals surface area contributed by atoms with Crippen LogP contribution in [0.4, 0.5) is 4.39 Å². The van der Waals surface area contributed by atoms with Crippen molar-refractivity contribution in [3.05, 3.63) is 35.9 Å². The number of aromatic carboxylic acids is 1. The molecule has 2 N–H and O–H groups in total. The summed E-state index contributed by atoms with van der Waals surface area (Å²) in [6.07, 6.45) is 1.02. The van der Waals surface area contributed by atoms with E-state index in [2.05, 4.69) is 5.10 Å². The van der Waals surface area contributed by atoms with E-state index in [1.54, 1.807) is 0 Å². The zero-order chi connectivity index (χ0) is 13.3. The quantitative estimate of drug-likeness (QED) is 0.863. The molecule has 0 aliphatic heterocycles. The Morgan fingerprint density at radius 2 is 2.22 bits per heavy atom. The van der Waals surface area contributed by atoms with Gasteiger partial charge in [-0.3, -0.25) is 0 Å². The van der Waals surface area contributed by atoms with Crippen molar-refractivity contribution in [2.75, 3.05) is 7.11 Å². The number of ether oxygens (including phenoxy) is 1. The maximum absolute atomic E-state index is 13.6. The number of aromatic hydroxyl groups is 1. The Balaban J connectivity index is 2.54. The van der Waals surface area contributed by atoms with Gasteiger partial charge < -0.3 is 14.9 Å². The van der Waals surface area contributed by atoms with Gasteiger partial charge in [-0.1, -0.05) is 0 Å². The van der Waals surface area contributed by atoms with Crippen LogP contribution in [0.3, 0.4) is 0 Å². The van der Waals surface area contributed by atoms with E-state index in [1.165, 1.54) is 19.2 Å². The van der Waals surface area contributed by atoms with Gasteiger partial charge in [0.1, 0.15) is 17.3 Å². The molecule has 2 aromatic rings. The number of halogens is 1. The van der Waals surface area contributed by atoms with Gasteiger partial charge in [0.15, 0.2) is 5.75 Å². The van der Waals surface area contributed by atoms with Crippen molar-refractivity contribution < 1.29 is 24.1 Å². The van der Waals surface area contributed by atoms with Crippen molar-refractivity contribution in [1.29, 1.82) is 0 Å². The van der Waals surface area contributed by atoms with Crippen LogP contribution in [0.2, 0.25) is 0 Å². The fraction of sp³-hybridized carbons (Fsp3) is 0.0909. The van der Waals surface area contributed by atoms with E-state index in [4.69, 9.17) is 9.84 Å². The van der Waals surface area contributed by atoms with Crippen molar-refractivity contribution in [2.45, 2.75) is 0 Å². The monoisotopic (exact) mass is 252 g/mol. The number of aromatic nitrogens is 2. The van der Waals surface area contributed by atoms with Crippen molar-refractivity contribution >= 4 is 5.97 Å². The van der Waals surface area contributed by atoms with Crippen LogP contribution in [0.25, 0.3) is 5.69 Å². The second-order valence-electron chi connectivity index (χ2n) is 3.43. The van der Waals surface area contributed by atoms with Crippen LogP contribution in [0.15, 0.2) is 24.4 Å². The molecule has 0 unspecified atom stereocenters. The highest BCUT2D eigenvalue weighted by Crippen LogP contribution is 2.23. The molecule has 0 atom stereocenters. The standard InChI is InChI=1S/C11H9FN2O4/c1-18-6-2-3-7(12)8(4-6)14-5-9(15)10(13-14)11(16)17/h2-5,15H,1H3,(H,16,17). The number of hydrogen-bond acceptors (Lipinski definition) is 4. The van der Waals surface area contributed by atoms with Crippen LogP contribution in [0.1, 0.15) is 10.5 Å². The summed E-state index contributed by atoms with van der Waals surface area (Å²) in [5, 5.41) is 21.7. The number of rotatable bonds is 3. The van der Waals surface area contributed by atoms with E-state index in [-0.39, 0.29) is 5.69 Å². The molecule has 0 saturated heterocycles. The van der Waals surface area contributed by atoms with E-state index in [0.29, 0.717) is 5.75 Å². The van der Waals surface area contributed by atoms with Gasteiger partial charge in [-0.2, -0.15) is 5.10 Å². The van der Waals surface area contributed by atoms with E-state index in [1.807, 2.05) is 0 Å². The van der Waals surface area contributed by atoms with Gasteiger partial charge in [0.2, 0.25) is 5.69 Å². The number of carboxylic acid groups (broad SMARTS) is 1. The summed E-state index contributed by atoms with van der Waals surface area (Å²) in [5.74, 6) is -2.16. The maximum Gasteiger partial charge on any atom is 0.360 e. The second kappa shape index (κ2) is 4.36. The summed E-state index contributed by atoms with van der Waals surface area (Å²) in [5.41, 5.74) is -0.561. The first-order valence-electron chi connectivity index (χ1n) is 4.88. The molecule has 1 heterocycles. The minimum absolute atomic E-state index is 0.0165. The molecule has 0 aliphatic carbocycles. The largest absolute Gasteiger partial charge is 0.504 e. The Morgan fingerprint density at radius 3 is 2.78 bits per heavy atom. The number of nitrogens with zero attached hydrogens (tertiary/aromatic N) is 2. The number of carbonyl (C=O) groups is 1. The van der Waals surface area contributed by atoms with Crippen molar-refractivity contribution in [3.8, 4) is 17.2 Å². The molecule has 6 nitrogen and oxygen atoms in total. The zero-order valence-electron chi connectivity index (χ0n) is 9.29. The summed E-state index contributed by atoms with van der Waals surface area (Å²) in [6.45, 7) is 0. The Hall–Kier alpha value is -2.57. The SMILES string of the molecule is COc1ccc(F)c(-n2cc(O)c(C(=O)O)n2)c1. The van der Waals surface area contributed by atoms with E-state index >= 15 is 0 Å². The molecule has 0 bridgehead atoms. The van der Waals surface area contributed by atoms with Crippen molar-refractivity contribution in [2.24, 2.45) is 0 Å². The minimum Gasteiger partial charge on any atom is -0.504 e. The van der Waals surface area contributed by atoms with Gasteiger partial charge >= 0.3 is 5.97 Å². The molecule has 18 heavy (non-hydrogen) atoms. The van der Waals surface area contributed by atoms with Crippen LogP contribution >= 0.6 is 0 Å². The van der Waals surface area contributed by atoms with Crippen molar-refractivity contribution in [3.63, 3.8) is 0 Å². The Morgan fingerprint density at radius 1 is 1.50 bits per heavy atom. The Kier molecular flexibility index (Phi) is 2.88. The molecule has 0 fully saturated rings. The fourth-order valence-electron chi connectivity index (χ4n) is 1.44. The Bertz CT molecular complexity index is 609. The average Bonchev–Trinajstić information content (AvgIpc) is 2.72. The number of methoxy groups -OCH3 is 1. The highest BCUT2D eigenvalue weighted by atomic mass is 19.1. The number of carboxylic acids is 1. The third kappa shape index (κ3) is 1.97. The molecule has 0 saturated carbocycles. The highest BCUT2D eigenvalue weighted by Gasteiger charge is 2.17. The lowest BCUT2D eigenvalue weighted by Crippen LogP contribution is -2.03. The predicted octanol–water partition coefficient (Wildman–Crippen LogP) is 1.42. The summed E-state index contributed by atoms with van der Waals surface area (Å²) >= 11 is 0. The molecular weight excluding hydrogens is 243 g/mol. The van der Waals surface area contributed by atoms with Crippen LogP contribution in [-0.2, 0) is 0 Å². The second-order valence-corrected chi connectivity index (χ2v) is 3.43. The lowest BCUT2D eigenvalue weighted by Gasteiger charge is -2.05. The molecule has 2 rings (SSSR count). The minimum atomic E-state index is -1.39. The molecule has 1 aromatic heterocycles. The lowest BCUT2D eigenvalue weighted by atomic mass is 10.3. The van der Waals surface area contributed by atoms with Crippen molar-refractivity contribution in [1.82, 2.24) is 9.78 Å². The first-order valence-corrected chi connectivity index (χ1v) is 4.88. The van der Waals surface area contributed by atoms with Gasteiger partial charge in [-0.15, -0.1) is 0 Å². The summed E-state index contributed by atoms with van der Waals surface area (Å²) < 4.78 is 19.5. The molecule has 7 heteroatoms. The lowest BCUT2D eigenvalue weighted by molar-refractivity contribution is 0.0687. The molecule has 0 amide bonds. The zero-order valence-corrected chi connectivity index (χ0v) is 9.29. The van der Waals surface area contributed by atoms with Crippen LogP contribution in [-0.4, -0.2) is 33.1 Å². The van der Waals surface area contributed by atoms with Gasteiger partial charge in [0, 0.05) is 6.07 Å². The molecule has 1 aromatic carbocycles. The Labute approximate surface area is 101 Å². The van der Waals surface area contributed by atoms with E-state index in [0.717, 1.165) is 16.9 Å². The smallest absolute Gasteiger partial charge is 0.360 e. The molecule has 0 spiro atoms. The first kappa shape index (κ1) is 11.9. The van der Waals surface area contributed by atoms with Crippen LogP contribution in [0.5, 0.6) is 11.5 Å². The highest BCUT2D eigenvalue weighted by molar-refractivity contribution is 5.88. The van der Waals surface area contributed by atoms with Crippen LogP contribution in [0, 0.1) is 5.82 Å². The number of hydrogen-bond donors (Lipinski definition) is 2. The summed E-state index contributed by atoms with van der Waals surface area (Å²) in [6, 6.07) is 3.92.